The standard InChI is InChI=1S/C16H20N4/c1-4-5-19-10-17-8-14(19)9-20-11-18-15-6-12(2)13(3)7-16(15)20/h6-8,10-11H,4-5,9H2,1-3H3. The Balaban J connectivity index is 1.98. The van der Waals surface area contributed by atoms with E-state index in [0.29, 0.717) is 0 Å². The van der Waals surface area contributed by atoms with E-state index in [0.717, 1.165) is 25.0 Å². The van der Waals surface area contributed by atoms with Gasteiger partial charge in [-0.05, 0) is 43.5 Å². The lowest BCUT2D eigenvalue weighted by Gasteiger charge is -2.09. The molecule has 0 radical (unpaired) electrons. The van der Waals surface area contributed by atoms with Gasteiger partial charge in [0.15, 0.2) is 0 Å². The van der Waals surface area contributed by atoms with Crippen molar-refractivity contribution in [3.05, 3.63) is 47.8 Å². The second-order valence-electron chi connectivity index (χ2n) is 5.38. The third-order valence-corrected chi connectivity index (χ3v) is 3.83. The SMILES string of the molecule is CCCn1cncc1Cn1cnc2cc(C)c(C)cc21. The zero-order valence-electron chi connectivity index (χ0n) is 12.3. The maximum Gasteiger partial charge on any atom is 0.0962 e. The predicted molar refractivity (Wildman–Crippen MR) is 80.8 cm³/mol. The highest BCUT2D eigenvalue weighted by atomic mass is 15.1. The molecule has 0 unspecified atom stereocenters. The molecule has 0 spiro atoms. The third-order valence-electron chi connectivity index (χ3n) is 3.83. The van der Waals surface area contributed by atoms with Crippen LogP contribution in [0.4, 0.5) is 0 Å². The van der Waals surface area contributed by atoms with Crippen molar-refractivity contribution in [3.63, 3.8) is 0 Å². The monoisotopic (exact) mass is 268 g/mol. The van der Waals surface area contributed by atoms with Gasteiger partial charge in [-0.15, -0.1) is 0 Å². The number of hydrogen-bond acceptors (Lipinski definition) is 2. The van der Waals surface area contributed by atoms with Gasteiger partial charge < -0.3 is 9.13 Å². The van der Waals surface area contributed by atoms with Crippen molar-refractivity contribution in [2.45, 2.75) is 40.3 Å². The lowest BCUT2D eigenvalue weighted by molar-refractivity contribution is 0.628. The summed E-state index contributed by atoms with van der Waals surface area (Å²) in [7, 11) is 0. The minimum absolute atomic E-state index is 0.818. The zero-order chi connectivity index (χ0) is 14.1. The van der Waals surface area contributed by atoms with Crippen LogP contribution in [0.1, 0.15) is 30.2 Å². The van der Waals surface area contributed by atoms with Crippen molar-refractivity contribution in [2.24, 2.45) is 0 Å². The van der Waals surface area contributed by atoms with Gasteiger partial charge in [-0.3, -0.25) is 0 Å². The zero-order valence-corrected chi connectivity index (χ0v) is 12.3. The largest absolute Gasteiger partial charge is 0.333 e. The van der Waals surface area contributed by atoms with E-state index in [1.165, 1.54) is 22.3 Å². The number of aryl methyl sites for hydroxylation is 3. The van der Waals surface area contributed by atoms with Crippen molar-refractivity contribution in [1.29, 1.82) is 0 Å². The average Bonchev–Trinajstić information content (AvgIpc) is 3.00. The van der Waals surface area contributed by atoms with E-state index >= 15 is 0 Å². The van der Waals surface area contributed by atoms with Gasteiger partial charge in [0.2, 0.25) is 0 Å². The summed E-state index contributed by atoms with van der Waals surface area (Å²) in [5, 5.41) is 0. The first-order chi connectivity index (χ1) is 9.69. The van der Waals surface area contributed by atoms with Crippen LogP contribution >= 0.6 is 0 Å². The summed E-state index contributed by atoms with van der Waals surface area (Å²) in [5.74, 6) is 0. The molecule has 2 heterocycles. The van der Waals surface area contributed by atoms with Crippen molar-refractivity contribution >= 4 is 11.0 Å². The molecule has 0 amide bonds. The van der Waals surface area contributed by atoms with E-state index in [4.69, 9.17) is 0 Å². The fraction of sp³-hybridized carbons (Fsp3) is 0.375. The Hall–Kier alpha value is -2.10. The normalized spacial score (nSPS) is 11.3. The van der Waals surface area contributed by atoms with Gasteiger partial charge in [-0.25, -0.2) is 9.97 Å². The molecule has 0 aliphatic carbocycles. The Labute approximate surface area is 119 Å². The Bertz CT molecular complexity index is 736. The van der Waals surface area contributed by atoms with E-state index < -0.39 is 0 Å². The molecule has 3 aromatic rings. The van der Waals surface area contributed by atoms with Crippen LogP contribution in [0.25, 0.3) is 11.0 Å². The molecule has 0 N–H and O–H groups in total. The van der Waals surface area contributed by atoms with Crippen molar-refractivity contribution in [2.75, 3.05) is 0 Å². The topological polar surface area (TPSA) is 35.6 Å². The highest BCUT2D eigenvalue weighted by Crippen LogP contribution is 2.19. The Kier molecular flexibility index (Phi) is 3.30. The van der Waals surface area contributed by atoms with Gasteiger partial charge in [0.1, 0.15) is 0 Å². The molecule has 20 heavy (non-hydrogen) atoms. The van der Waals surface area contributed by atoms with Crippen LogP contribution in [0.15, 0.2) is 31.0 Å². The first-order valence-electron chi connectivity index (χ1n) is 7.10. The van der Waals surface area contributed by atoms with Crippen LogP contribution in [0, 0.1) is 13.8 Å². The number of nitrogens with zero attached hydrogens (tertiary/aromatic N) is 4. The molecule has 2 aromatic heterocycles. The lowest BCUT2D eigenvalue weighted by Crippen LogP contribution is -2.06. The van der Waals surface area contributed by atoms with Crippen LogP contribution in [-0.2, 0) is 13.1 Å². The maximum atomic E-state index is 4.51. The van der Waals surface area contributed by atoms with Gasteiger partial charge in [0.05, 0.1) is 35.9 Å². The summed E-state index contributed by atoms with van der Waals surface area (Å²) >= 11 is 0. The second-order valence-corrected chi connectivity index (χ2v) is 5.38. The first kappa shape index (κ1) is 12.9. The highest BCUT2D eigenvalue weighted by Gasteiger charge is 2.08. The average molecular weight is 268 g/mol. The molecular formula is C16H20N4. The van der Waals surface area contributed by atoms with E-state index in [1.807, 2.05) is 18.9 Å². The van der Waals surface area contributed by atoms with E-state index in [9.17, 15) is 0 Å². The minimum Gasteiger partial charge on any atom is -0.333 e. The van der Waals surface area contributed by atoms with Crippen molar-refractivity contribution < 1.29 is 0 Å². The number of fused-ring (bicyclic) bond motifs is 1. The molecule has 1 aromatic carbocycles. The molecule has 0 saturated heterocycles. The minimum atomic E-state index is 0.818. The van der Waals surface area contributed by atoms with Gasteiger partial charge in [-0.2, -0.15) is 0 Å². The van der Waals surface area contributed by atoms with Gasteiger partial charge >= 0.3 is 0 Å². The summed E-state index contributed by atoms with van der Waals surface area (Å²) in [6.07, 6.45) is 6.90. The summed E-state index contributed by atoms with van der Waals surface area (Å²) in [6.45, 7) is 8.29. The number of imidazole rings is 2. The Morgan fingerprint density at radius 1 is 1.05 bits per heavy atom. The first-order valence-corrected chi connectivity index (χ1v) is 7.10. The van der Waals surface area contributed by atoms with Gasteiger partial charge in [-0.1, -0.05) is 6.92 Å². The van der Waals surface area contributed by atoms with Crippen molar-refractivity contribution in [3.8, 4) is 0 Å². The highest BCUT2D eigenvalue weighted by molar-refractivity contribution is 5.77. The fourth-order valence-corrected chi connectivity index (χ4v) is 2.54. The maximum absolute atomic E-state index is 4.51. The second kappa shape index (κ2) is 5.12. The third kappa shape index (κ3) is 2.22. The molecule has 0 atom stereocenters. The van der Waals surface area contributed by atoms with E-state index in [1.54, 1.807) is 0 Å². The Morgan fingerprint density at radius 2 is 1.85 bits per heavy atom. The molecule has 0 saturated carbocycles. The number of rotatable bonds is 4. The predicted octanol–water partition coefficient (Wildman–Crippen LogP) is 3.31. The fourth-order valence-electron chi connectivity index (χ4n) is 2.54. The molecule has 0 aliphatic heterocycles. The van der Waals surface area contributed by atoms with Gasteiger partial charge in [0, 0.05) is 12.7 Å². The van der Waals surface area contributed by atoms with E-state index in [-0.39, 0.29) is 0 Å². The smallest absolute Gasteiger partial charge is 0.0962 e. The molecule has 4 heteroatoms. The van der Waals surface area contributed by atoms with Crippen LogP contribution in [0.5, 0.6) is 0 Å². The van der Waals surface area contributed by atoms with Crippen LogP contribution in [-0.4, -0.2) is 19.1 Å². The molecule has 0 bridgehead atoms. The number of hydrogen-bond donors (Lipinski definition) is 0. The van der Waals surface area contributed by atoms with Crippen molar-refractivity contribution in [1.82, 2.24) is 19.1 Å². The molecule has 3 rings (SSSR count). The van der Waals surface area contributed by atoms with E-state index in [2.05, 4.69) is 52.0 Å². The Morgan fingerprint density at radius 3 is 2.65 bits per heavy atom. The van der Waals surface area contributed by atoms with Crippen LogP contribution in [0.3, 0.4) is 0 Å². The summed E-state index contributed by atoms with van der Waals surface area (Å²) in [5.41, 5.74) is 6.08. The molecular weight excluding hydrogens is 248 g/mol. The molecule has 4 nitrogen and oxygen atoms in total. The van der Waals surface area contributed by atoms with Gasteiger partial charge in [0.25, 0.3) is 0 Å². The molecule has 104 valence electrons. The molecule has 0 fully saturated rings. The quantitative estimate of drug-likeness (QED) is 0.727. The lowest BCUT2D eigenvalue weighted by atomic mass is 10.1. The summed E-state index contributed by atoms with van der Waals surface area (Å²) in [6, 6.07) is 4.38. The number of aromatic nitrogens is 4. The summed E-state index contributed by atoms with van der Waals surface area (Å²) < 4.78 is 4.41. The molecule has 0 aliphatic rings. The summed E-state index contributed by atoms with van der Waals surface area (Å²) in [4.78, 5) is 8.77. The number of benzene rings is 1. The van der Waals surface area contributed by atoms with Crippen LogP contribution < -0.4 is 0 Å². The van der Waals surface area contributed by atoms with Crippen LogP contribution in [0.2, 0.25) is 0 Å².